The Morgan fingerprint density at radius 3 is 2.62 bits per heavy atom. The predicted molar refractivity (Wildman–Crippen MR) is 113 cm³/mol. The third kappa shape index (κ3) is 5.14. The van der Waals surface area contributed by atoms with Crippen LogP contribution in [0, 0.1) is 5.92 Å². The lowest BCUT2D eigenvalue weighted by Crippen LogP contribution is -2.18. The van der Waals surface area contributed by atoms with Crippen molar-refractivity contribution in [1.29, 1.82) is 0 Å². The van der Waals surface area contributed by atoms with Crippen LogP contribution in [0.15, 0.2) is 70.4 Å². The largest absolute Gasteiger partial charge is 0.381 e. The number of allylic oxidation sites excluding steroid dienone is 7. The van der Waals surface area contributed by atoms with Crippen LogP contribution in [0.2, 0.25) is 0 Å². The van der Waals surface area contributed by atoms with E-state index in [4.69, 9.17) is 11.6 Å². The lowest BCUT2D eigenvalue weighted by molar-refractivity contribution is 0.599. The summed E-state index contributed by atoms with van der Waals surface area (Å²) in [5, 5.41) is 4.65. The van der Waals surface area contributed by atoms with Crippen LogP contribution in [0.4, 0.5) is 0 Å². The molecule has 1 nitrogen and oxygen atoms in total. The highest BCUT2D eigenvalue weighted by Gasteiger charge is 2.16. The summed E-state index contributed by atoms with van der Waals surface area (Å²) in [4.78, 5) is 0. The molecule has 2 aliphatic carbocycles. The Hall–Kier alpha value is -1.73. The van der Waals surface area contributed by atoms with Crippen molar-refractivity contribution in [3.8, 4) is 0 Å². The zero-order valence-electron chi connectivity index (χ0n) is 16.0. The number of nitrogens with one attached hydrogen (secondary N) is 1. The number of benzene rings is 1. The third-order valence-corrected chi connectivity index (χ3v) is 5.69. The van der Waals surface area contributed by atoms with Gasteiger partial charge in [0.05, 0.1) is 0 Å². The van der Waals surface area contributed by atoms with Crippen LogP contribution in [0.1, 0.15) is 57.1 Å². The Morgan fingerprint density at radius 2 is 1.92 bits per heavy atom. The van der Waals surface area contributed by atoms with Gasteiger partial charge in [0.2, 0.25) is 0 Å². The van der Waals surface area contributed by atoms with Crippen molar-refractivity contribution in [2.24, 2.45) is 5.92 Å². The molecular formula is C24H30ClN. The molecule has 0 spiro atoms. The van der Waals surface area contributed by atoms with Crippen LogP contribution in [0.3, 0.4) is 0 Å². The van der Waals surface area contributed by atoms with Crippen LogP contribution >= 0.6 is 11.6 Å². The first kappa shape index (κ1) is 19.0. The van der Waals surface area contributed by atoms with E-state index in [-0.39, 0.29) is 0 Å². The smallest absolute Gasteiger partial charge is 0.0403 e. The van der Waals surface area contributed by atoms with Gasteiger partial charge in [0, 0.05) is 17.3 Å². The van der Waals surface area contributed by atoms with Crippen molar-refractivity contribution in [2.75, 3.05) is 0 Å². The summed E-state index contributed by atoms with van der Waals surface area (Å²) in [6.45, 7) is 5.42. The van der Waals surface area contributed by atoms with E-state index in [9.17, 15) is 0 Å². The Kier molecular flexibility index (Phi) is 6.80. The molecule has 0 saturated carbocycles. The molecule has 1 atom stereocenters. The second-order valence-electron chi connectivity index (χ2n) is 7.53. The first-order valence-electron chi connectivity index (χ1n) is 9.88. The molecule has 0 aliphatic heterocycles. The molecule has 0 amide bonds. The van der Waals surface area contributed by atoms with Crippen molar-refractivity contribution >= 4 is 11.6 Å². The standard InChI is InChI=1S/C24H30ClN/c1-3-6-21-7-4-5-8-22(21)17-26-24-14-11-20(15-18(24)2)16-19-9-12-23(25)13-10-19/h4-5,7-9,11-12,14,20,26H,3,6,10,13,15-17H2,1-2H3. The summed E-state index contributed by atoms with van der Waals surface area (Å²) < 4.78 is 0. The number of hydrogen-bond acceptors (Lipinski definition) is 1. The Bertz CT molecular complexity index is 751. The Morgan fingerprint density at radius 1 is 1.12 bits per heavy atom. The highest BCUT2D eigenvalue weighted by atomic mass is 35.5. The molecule has 1 aromatic carbocycles. The second kappa shape index (κ2) is 9.28. The SMILES string of the molecule is CCCc1ccccc1CNC1=C(C)CC(CC2=CC=C(Cl)CC2)C=C1. The normalized spacial score (nSPS) is 20.0. The minimum absolute atomic E-state index is 0.615. The summed E-state index contributed by atoms with van der Waals surface area (Å²) in [7, 11) is 0. The van der Waals surface area contributed by atoms with Gasteiger partial charge in [-0.15, -0.1) is 0 Å². The van der Waals surface area contributed by atoms with Crippen LogP contribution in [-0.2, 0) is 13.0 Å². The zero-order valence-corrected chi connectivity index (χ0v) is 16.8. The fourth-order valence-electron chi connectivity index (χ4n) is 3.89. The lowest BCUT2D eigenvalue weighted by atomic mass is 9.86. The van der Waals surface area contributed by atoms with Gasteiger partial charge < -0.3 is 5.32 Å². The van der Waals surface area contributed by atoms with Gasteiger partial charge in [-0.1, -0.05) is 66.9 Å². The summed E-state index contributed by atoms with van der Waals surface area (Å²) in [6.07, 6.45) is 15.7. The average Bonchev–Trinajstić information content (AvgIpc) is 2.64. The molecule has 0 radical (unpaired) electrons. The van der Waals surface area contributed by atoms with Gasteiger partial charge in [0.15, 0.2) is 0 Å². The van der Waals surface area contributed by atoms with Gasteiger partial charge in [-0.25, -0.2) is 0 Å². The van der Waals surface area contributed by atoms with E-state index in [0.717, 1.165) is 43.7 Å². The van der Waals surface area contributed by atoms with E-state index >= 15 is 0 Å². The van der Waals surface area contributed by atoms with Gasteiger partial charge in [-0.3, -0.25) is 0 Å². The Balaban J connectivity index is 1.57. The van der Waals surface area contributed by atoms with Crippen LogP contribution < -0.4 is 5.32 Å². The van der Waals surface area contributed by atoms with Gasteiger partial charge in [-0.05, 0) is 73.8 Å². The van der Waals surface area contributed by atoms with Crippen molar-refractivity contribution in [3.05, 3.63) is 81.6 Å². The highest BCUT2D eigenvalue weighted by molar-refractivity contribution is 6.29. The molecule has 138 valence electrons. The fraction of sp³-hybridized carbons (Fsp3) is 0.417. The lowest BCUT2D eigenvalue weighted by Gasteiger charge is -2.23. The van der Waals surface area contributed by atoms with Crippen molar-refractivity contribution < 1.29 is 0 Å². The molecule has 2 aliphatic rings. The summed E-state index contributed by atoms with van der Waals surface area (Å²) >= 11 is 6.07. The second-order valence-corrected chi connectivity index (χ2v) is 8.02. The van der Waals surface area contributed by atoms with Crippen LogP contribution in [0.5, 0.6) is 0 Å². The van der Waals surface area contributed by atoms with E-state index in [1.165, 1.54) is 34.4 Å². The van der Waals surface area contributed by atoms with E-state index < -0.39 is 0 Å². The van der Waals surface area contributed by atoms with E-state index in [1.807, 2.05) is 0 Å². The zero-order chi connectivity index (χ0) is 18.4. The summed E-state index contributed by atoms with van der Waals surface area (Å²) in [5.74, 6) is 0.615. The quantitative estimate of drug-likeness (QED) is 0.558. The monoisotopic (exact) mass is 367 g/mol. The molecule has 1 N–H and O–H groups in total. The molecule has 2 heteroatoms. The van der Waals surface area contributed by atoms with Gasteiger partial charge in [0.25, 0.3) is 0 Å². The van der Waals surface area contributed by atoms with E-state index in [1.54, 1.807) is 0 Å². The minimum Gasteiger partial charge on any atom is -0.381 e. The van der Waals surface area contributed by atoms with E-state index in [2.05, 4.69) is 67.7 Å². The molecule has 26 heavy (non-hydrogen) atoms. The van der Waals surface area contributed by atoms with Crippen molar-refractivity contribution in [3.63, 3.8) is 0 Å². The third-order valence-electron chi connectivity index (χ3n) is 5.38. The van der Waals surface area contributed by atoms with Crippen molar-refractivity contribution in [2.45, 2.75) is 58.9 Å². The summed E-state index contributed by atoms with van der Waals surface area (Å²) in [6, 6.07) is 8.79. The molecule has 3 rings (SSSR count). The molecule has 0 saturated heterocycles. The molecule has 1 unspecified atom stereocenters. The van der Waals surface area contributed by atoms with Gasteiger partial charge in [0.1, 0.15) is 0 Å². The predicted octanol–water partition coefficient (Wildman–Crippen LogP) is 6.81. The highest BCUT2D eigenvalue weighted by Crippen LogP contribution is 2.31. The maximum absolute atomic E-state index is 6.07. The molecular weight excluding hydrogens is 338 g/mol. The Labute approximate surface area is 163 Å². The summed E-state index contributed by atoms with van der Waals surface area (Å²) in [5.41, 5.74) is 7.18. The molecule has 0 heterocycles. The van der Waals surface area contributed by atoms with Crippen LogP contribution in [0.25, 0.3) is 0 Å². The first-order chi connectivity index (χ1) is 12.7. The van der Waals surface area contributed by atoms with E-state index in [0.29, 0.717) is 5.92 Å². The number of aryl methyl sites for hydroxylation is 1. The van der Waals surface area contributed by atoms with Gasteiger partial charge in [-0.2, -0.15) is 0 Å². The number of halogens is 1. The fourth-order valence-corrected chi connectivity index (χ4v) is 4.05. The van der Waals surface area contributed by atoms with Crippen LogP contribution in [-0.4, -0.2) is 0 Å². The first-order valence-corrected chi connectivity index (χ1v) is 10.3. The maximum atomic E-state index is 6.07. The molecule has 1 aromatic rings. The average molecular weight is 368 g/mol. The topological polar surface area (TPSA) is 12.0 Å². The number of hydrogen-bond donors (Lipinski definition) is 1. The van der Waals surface area contributed by atoms with Crippen molar-refractivity contribution in [1.82, 2.24) is 5.32 Å². The minimum atomic E-state index is 0.615. The molecule has 0 bridgehead atoms. The molecule has 0 fully saturated rings. The number of rotatable bonds is 7. The molecule has 0 aromatic heterocycles. The maximum Gasteiger partial charge on any atom is 0.0403 e. The van der Waals surface area contributed by atoms with Gasteiger partial charge >= 0.3 is 0 Å².